The lowest BCUT2D eigenvalue weighted by molar-refractivity contribution is -0.151. The van der Waals surface area contributed by atoms with Crippen LogP contribution >= 0.6 is 0 Å². The van der Waals surface area contributed by atoms with Gasteiger partial charge >= 0.3 is 5.97 Å². The van der Waals surface area contributed by atoms with Crippen LogP contribution < -0.4 is 5.32 Å². The van der Waals surface area contributed by atoms with E-state index in [1.165, 1.54) is 0 Å². The second-order valence-corrected chi connectivity index (χ2v) is 5.68. The number of aryl methyl sites for hydroxylation is 1. The third kappa shape index (κ3) is 3.07. The Balaban J connectivity index is 2.76. The summed E-state index contributed by atoms with van der Waals surface area (Å²) in [6, 6.07) is 5.83. The summed E-state index contributed by atoms with van der Waals surface area (Å²) in [7, 11) is 0. The third-order valence-corrected chi connectivity index (χ3v) is 3.75. The molecule has 0 fully saturated rings. The Hall–Kier alpha value is -1.42. The highest BCUT2D eigenvalue weighted by molar-refractivity contribution is 5.75. The third-order valence-electron chi connectivity index (χ3n) is 3.75. The molecular weight excluding hydrogens is 228 g/mol. The van der Waals surface area contributed by atoms with Gasteiger partial charge in [-0.05, 0) is 46.8 Å². The molecule has 1 rings (SSSR count). The minimum atomic E-state index is -0.850. The van der Waals surface area contributed by atoms with Gasteiger partial charge in [0, 0.05) is 17.8 Å². The summed E-state index contributed by atoms with van der Waals surface area (Å²) in [6.45, 7) is 9.76. The van der Waals surface area contributed by atoms with Crippen molar-refractivity contribution in [1.82, 2.24) is 10.3 Å². The molecule has 18 heavy (non-hydrogen) atoms. The van der Waals surface area contributed by atoms with E-state index in [1.54, 1.807) is 13.8 Å². The smallest absolute Gasteiger partial charge is 0.310 e. The number of hydrogen-bond acceptors (Lipinski definition) is 3. The number of nitrogens with one attached hydrogen (secondary N) is 1. The molecule has 0 aliphatic heterocycles. The minimum Gasteiger partial charge on any atom is -0.481 e. The molecular formula is C14H22N2O2. The van der Waals surface area contributed by atoms with Crippen molar-refractivity contribution >= 4 is 5.97 Å². The van der Waals surface area contributed by atoms with Gasteiger partial charge in [-0.3, -0.25) is 9.78 Å². The molecule has 4 heteroatoms. The van der Waals surface area contributed by atoms with Gasteiger partial charge in [-0.1, -0.05) is 6.07 Å². The van der Waals surface area contributed by atoms with Crippen molar-refractivity contribution in [2.45, 2.75) is 46.7 Å². The fourth-order valence-corrected chi connectivity index (χ4v) is 1.50. The SMILES string of the molecule is Cc1cccc(CNC(C)(C)C(C)(C)C(=O)O)n1. The zero-order valence-corrected chi connectivity index (χ0v) is 11.7. The summed E-state index contributed by atoms with van der Waals surface area (Å²) in [6.07, 6.45) is 0. The maximum absolute atomic E-state index is 11.3. The van der Waals surface area contributed by atoms with Crippen LogP contribution in [0, 0.1) is 12.3 Å². The molecule has 0 saturated heterocycles. The second-order valence-electron chi connectivity index (χ2n) is 5.68. The molecule has 1 aromatic rings. The van der Waals surface area contributed by atoms with Crippen LogP contribution in [0.25, 0.3) is 0 Å². The average molecular weight is 250 g/mol. The van der Waals surface area contributed by atoms with Crippen LogP contribution in [-0.4, -0.2) is 21.6 Å². The number of aromatic nitrogens is 1. The number of hydrogen-bond donors (Lipinski definition) is 2. The molecule has 100 valence electrons. The molecule has 0 aliphatic carbocycles. The Bertz CT molecular complexity index is 439. The van der Waals surface area contributed by atoms with E-state index in [-0.39, 0.29) is 0 Å². The zero-order valence-electron chi connectivity index (χ0n) is 11.7. The summed E-state index contributed by atoms with van der Waals surface area (Å²) < 4.78 is 0. The first kappa shape index (κ1) is 14.6. The minimum absolute atomic E-state index is 0.524. The molecule has 0 radical (unpaired) electrons. The number of carboxylic acid groups (broad SMARTS) is 1. The van der Waals surface area contributed by atoms with Gasteiger partial charge in [0.2, 0.25) is 0 Å². The highest BCUT2D eigenvalue weighted by Crippen LogP contribution is 2.30. The number of rotatable bonds is 5. The van der Waals surface area contributed by atoms with Crippen LogP contribution in [0.15, 0.2) is 18.2 Å². The molecule has 1 aromatic heterocycles. The first-order valence-electron chi connectivity index (χ1n) is 6.08. The van der Waals surface area contributed by atoms with E-state index in [0.717, 1.165) is 11.4 Å². The number of carboxylic acids is 1. The number of pyridine rings is 1. The van der Waals surface area contributed by atoms with Crippen LogP contribution in [0.4, 0.5) is 0 Å². The largest absolute Gasteiger partial charge is 0.481 e. The van der Waals surface area contributed by atoms with Crippen molar-refractivity contribution in [2.75, 3.05) is 0 Å². The average Bonchev–Trinajstić information content (AvgIpc) is 2.26. The standard InChI is InChI=1S/C14H22N2O2/c1-10-7-6-8-11(16-10)9-15-14(4,5)13(2,3)12(17)18/h6-8,15H,9H2,1-5H3,(H,17,18). The van der Waals surface area contributed by atoms with Gasteiger partial charge in [0.05, 0.1) is 11.1 Å². The number of nitrogens with zero attached hydrogens (tertiary/aromatic N) is 1. The molecule has 1 heterocycles. The second kappa shape index (κ2) is 5.06. The highest BCUT2D eigenvalue weighted by Gasteiger charge is 2.43. The monoisotopic (exact) mass is 250 g/mol. The summed E-state index contributed by atoms with van der Waals surface area (Å²) in [5, 5.41) is 12.5. The molecule has 0 bridgehead atoms. The molecule has 0 saturated carbocycles. The van der Waals surface area contributed by atoms with Gasteiger partial charge < -0.3 is 10.4 Å². The molecule has 0 atom stereocenters. The van der Waals surface area contributed by atoms with Crippen molar-refractivity contribution in [2.24, 2.45) is 5.41 Å². The van der Waals surface area contributed by atoms with Crippen LogP contribution in [0.1, 0.15) is 39.1 Å². The van der Waals surface area contributed by atoms with Crippen LogP contribution in [0.2, 0.25) is 0 Å². The van der Waals surface area contributed by atoms with E-state index in [2.05, 4.69) is 10.3 Å². The number of aliphatic carboxylic acids is 1. The van der Waals surface area contributed by atoms with E-state index in [4.69, 9.17) is 0 Å². The molecule has 0 amide bonds. The lowest BCUT2D eigenvalue weighted by Gasteiger charge is -2.39. The van der Waals surface area contributed by atoms with Gasteiger partial charge in [0.15, 0.2) is 0 Å². The van der Waals surface area contributed by atoms with E-state index in [1.807, 2.05) is 39.0 Å². The summed E-state index contributed by atoms with van der Waals surface area (Å²) in [5.41, 5.74) is 0.509. The van der Waals surface area contributed by atoms with Crippen LogP contribution in [0.5, 0.6) is 0 Å². The lowest BCUT2D eigenvalue weighted by Crippen LogP contribution is -2.54. The first-order valence-corrected chi connectivity index (χ1v) is 6.08. The van der Waals surface area contributed by atoms with E-state index in [9.17, 15) is 9.90 Å². The van der Waals surface area contributed by atoms with Crippen LogP contribution in [0.3, 0.4) is 0 Å². The molecule has 0 aliphatic rings. The van der Waals surface area contributed by atoms with Gasteiger partial charge in [0.1, 0.15) is 0 Å². The summed E-state index contributed by atoms with van der Waals surface area (Å²) >= 11 is 0. The van der Waals surface area contributed by atoms with Crippen LogP contribution in [-0.2, 0) is 11.3 Å². The van der Waals surface area contributed by atoms with Crippen molar-refractivity contribution in [3.05, 3.63) is 29.6 Å². The normalized spacial score (nSPS) is 12.5. The lowest BCUT2D eigenvalue weighted by atomic mass is 9.74. The van der Waals surface area contributed by atoms with Gasteiger partial charge in [-0.25, -0.2) is 0 Å². The van der Waals surface area contributed by atoms with Crippen molar-refractivity contribution in [3.8, 4) is 0 Å². The highest BCUT2D eigenvalue weighted by atomic mass is 16.4. The van der Waals surface area contributed by atoms with E-state index >= 15 is 0 Å². The van der Waals surface area contributed by atoms with E-state index < -0.39 is 16.9 Å². The maximum Gasteiger partial charge on any atom is 0.310 e. The first-order chi connectivity index (χ1) is 8.17. The fourth-order valence-electron chi connectivity index (χ4n) is 1.50. The predicted molar refractivity (Wildman–Crippen MR) is 71.3 cm³/mol. The Labute approximate surface area is 108 Å². The maximum atomic E-state index is 11.3. The van der Waals surface area contributed by atoms with Gasteiger partial charge in [-0.2, -0.15) is 0 Å². The van der Waals surface area contributed by atoms with E-state index in [0.29, 0.717) is 6.54 Å². The topological polar surface area (TPSA) is 62.2 Å². The molecule has 4 nitrogen and oxygen atoms in total. The zero-order chi connectivity index (χ0) is 14.0. The Kier molecular flexibility index (Phi) is 4.12. The molecule has 0 aromatic carbocycles. The summed E-state index contributed by atoms with van der Waals surface area (Å²) in [4.78, 5) is 15.7. The van der Waals surface area contributed by atoms with Crippen molar-refractivity contribution in [1.29, 1.82) is 0 Å². The molecule has 2 N–H and O–H groups in total. The van der Waals surface area contributed by atoms with Crippen molar-refractivity contribution < 1.29 is 9.90 Å². The fraction of sp³-hybridized carbons (Fsp3) is 0.571. The molecule has 0 spiro atoms. The Morgan fingerprint density at radius 1 is 1.33 bits per heavy atom. The Morgan fingerprint density at radius 2 is 1.94 bits per heavy atom. The number of carbonyl (C=O) groups is 1. The summed E-state index contributed by atoms with van der Waals surface area (Å²) in [5.74, 6) is -0.808. The van der Waals surface area contributed by atoms with Crippen molar-refractivity contribution in [3.63, 3.8) is 0 Å². The molecule has 0 unspecified atom stereocenters. The van der Waals surface area contributed by atoms with Gasteiger partial charge in [0.25, 0.3) is 0 Å². The predicted octanol–water partition coefficient (Wildman–Crippen LogP) is 2.37. The Morgan fingerprint density at radius 3 is 2.44 bits per heavy atom. The van der Waals surface area contributed by atoms with Gasteiger partial charge in [-0.15, -0.1) is 0 Å². The quantitative estimate of drug-likeness (QED) is 0.842.